The number of nitrogens with zero attached hydrogens (tertiary/aromatic N) is 2. The van der Waals surface area contributed by atoms with Crippen molar-refractivity contribution in [2.24, 2.45) is 0 Å². The van der Waals surface area contributed by atoms with Gasteiger partial charge in [-0.3, -0.25) is 14.5 Å². The molecule has 0 unspecified atom stereocenters. The maximum Gasteiger partial charge on any atom is 0.295 e. The molecule has 0 aromatic heterocycles. The third kappa shape index (κ3) is 5.14. The Morgan fingerprint density at radius 3 is 2.54 bits per heavy atom. The van der Waals surface area contributed by atoms with Gasteiger partial charge in [0.2, 0.25) is 0 Å². The number of hydrogen-bond acceptors (Lipinski definition) is 8. The molecule has 2 saturated heterocycles. The van der Waals surface area contributed by atoms with E-state index >= 15 is 0 Å². The molecule has 0 bridgehead atoms. The number of ether oxygens (including phenoxy) is 4. The molecule has 3 aliphatic rings. The molecule has 5 rings (SSSR count). The highest BCUT2D eigenvalue weighted by Gasteiger charge is 2.47. The Morgan fingerprint density at radius 1 is 1.00 bits per heavy atom. The smallest absolute Gasteiger partial charge is 0.295 e. The third-order valence-corrected chi connectivity index (χ3v) is 6.85. The summed E-state index contributed by atoms with van der Waals surface area (Å²) in [4.78, 5) is 30.6. The Hall–Kier alpha value is -3.56. The molecule has 196 valence electrons. The van der Waals surface area contributed by atoms with E-state index in [2.05, 4.69) is 4.90 Å². The molecule has 1 amide bonds. The first-order valence-electron chi connectivity index (χ1n) is 12.8. The summed E-state index contributed by atoms with van der Waals surface area (Å²) in [5, 5.41) is 11.4. The van der Waals surface area contributed by atoms with Crippen LogP contribution in [0.4, 0.5) is 0 Å². The van der Waals surface area contributed by atoms with Crippen LogP contribution in [0.5, 0.6) is 17.2 Å². The van der Waals surface area contributed by atoms with Crippen LogP contribution in [-0.2, 0) is 14.3 Å². The molecule has 3 heterocycles. The number of likely N-dealkylation sites (tertiary alicyclic amines) is 1. The first kappa shape index (κ1) is 25.1. The van der Waals surface area contributed by atoms with Crippen molar-refractivity contribution < 1.29 is 33.6 Å². The lowest BCUT2D eigenvalue weighted by Crippen LogP contribution is -2.39. The van der Waals surface area contributed by atoms with Crippen molar-refractivity contribution in [3.8, 4) is 17.2 Å². The van der Waals surface area contributed by atoms with E-state index in [9.17, 15) is 14.7 Å². The molecule has 0 saturated carbocycles. The summed E-state index contributed by atoms with van der Waals surface area (Å²) in [5.41, 5.74) is 1.09. The SMILES string of the molecule is CCOc1ccccc1[C@H]1C(=C(O)c2ccc3c(c2)OCCO3)C(=O)C(=O)N1CCCN1CCOCC1. The van der Waals surface area contributed by atoms with E-state index in [1.54, 1.807) is 23.1 Å². The lowest BCUT2D eigenvalue weighted by atomic mass is 9.94. The highest BCUT2D eigenvalue weighted by molar-refractivity contribution is 6.46. The van der Waals surface area contributed by atoms with Gasteiger partial charge in [-0.2, -0.15) is 0 Å². The van der Waals surface area contributed by atoms with Crippen LogP contribution in [0.25, 0.3) is 5.76 Å². The fourth-order valence-electron chi connectivity index (χ4n) is 5.06. The molecule has 9 nitrogen and oxygen atoms in total. The molecule has 2 aromatic rings. The van der Waals surface area contributed by atoms with Crippen molar-refractivity contribution in [1.29, 1.82) is 0 Å². The van der Waals surface area contributed by atoms with Gasteiger partial charge >= 0.3 is 0 Å². The van der Waals surface area contributed by atoms with E-state index in [4.69, 9.17) is 18.9 Å². The molecule has 3 aliphatic heterocycles. The van der Waals surface area contributed by atoms with Gasteiger partial charge in [-0.15, -0.1) is 0 Å². The fraction of sp³-hybridized carbons (Fsp3) is 0.429. The van der Waals surface area contributed by atoms with E-state index in [0.717, 1.165) is 19.6 Å². The van der Waals surface area contributed by atoms with E-state index in [1.807, 2.05) is 31.2 Å². The quantitative estimate of drug-likeness (QED) is 0.330. The molecule has 9 heteroatoms. The summed E-state index contributed by atoms with van der Waals surface area (Å²) in [7, 11) is 0. The number of para-hydroxylation sites is 1. The molecule has 2 aromatic carbocycles. The fourth-order valence-corrected chi connectivity index (χ4v) is 5.06. The number of fused-ring (bicyclic) bond motifs is 1. The lowest BCUT2D eigenvalue weighted by Gasteiger charge is -2.29. The van der Waals surface area contributed by atoms with Crippen molar-refractivity contribution in [1.82, 2.24) is 9.80 Å². The van der Waals surface area contributed by atoms with Crippen LogP contribution >= 0.6 is 0 Å². The Bertz CT molecular complexity index is 1190. The predicted octanol–water partition coefficient (Wildman–Crippen LogP) is 3.00. The van der Waals surface area contributed by atoms with Crippen LogP contribution < -0.4 is 14.2 Å². The monoisotopic (exact) mass is 508 g/mol. The van der Waals surface area contributed by atoms with Gasteiger partial charge in [0.05, 0.1) is 31.4 Å². The molecule has 0 spiro atoms. The van der Waals surface area contributed by atoms with Gasteiger partial charge in [-0.05, 0) is 37.6 Å². The molecule has 37 heavy (non-hydrogen) atoms. The van der Waals surface area contributed by atoms with Gasteiger partial charge in [0.15, 0.2) is 11.5 Å². The Labute approximate surface area is 216 Å². The molecular formula is C28H32N2O7. The molecule has 1 atom stereocenters. The van der Waals surface area contributed by atoms with Crippen LogP contribution in [0.15, 0.2) is 48.0 Å². The van der Waals surface area contributed by atoms with Crippen LogP contribution in [0.2, 0.25) is 0 Å². The number of ketones is 1. The maximum atomic E-state index is 13.4. The molecule has 1 N–H and O–H groups in total. The third-order valence-electron chi connectivity index (χ3n) is 6.85. The van der Waals surface area contributed by atoms with Crippen LogP contribution in [0.3, 0.4) is 0 Å². The number of benzene rings is 2. The number of carbonyl (C=O) groups is 2. The number of carbonyl (C=O) groups excluding carboxylic acids is 2. The number of rotatable bonds is 8. The van der Waals surface area contributed by atoms with Crippen LogP contribution in [0, 0.1) is 0 Å². The van der Waals surface area contributed by atoms with E-state index in [-0.39, 0.29) is 11.3 Å². The second-order valence-corrected chi connectivity index (χ2v) is 9.13. The first-order chi connectivity index (χ1) is 18.1. The number of Topliss-reactive ketones (excluding diaryl/α,β-unsaturated/α-hetero) is 1. The number of hydrogen-bond donors (Lipinski definition) is 1. The van der Waals surface area contributed by atoms with Crippen molar-refractivity contribution in [3.05, 3.63) is 59.2 Å². The van der Waals surface area contributed by atoms with E-state index in [0.29, 0.717) is 74.4 Å². The minimum atomic E-state index is -0.777. The average Bonchev–Trinajstić information content (AvgIpc) is 3.18. The summed E-state index contributed by atoms with van der Waals surface area (Å²) < 4.78 is 22.5. The van der Waals surface area contributed by atoms with Crippen molar-refractivity contribution in [3.63, 3.8) is 0 Å². The zero-order valence-electron chi connectivity index (χ0n) is 21.0. The minimum Gasteiger partial charge on any atom is -0.507 e. The number of aliphatic hydroxyl groups is 1. The highest BCUT2D eigenvalue weighted by Crippen LogP contribution is 2.43. The number of morpholine rings is 1. The zero-order valence-corrected chi connectivity index (χ0v) is 21.0. The number of aliphatic hydroxyl groups excluding tert-OH is 1. The second kappa shape index (κ2) is 11.2. The topological polar surface area (TPSA) is 97.8 Å². The molecule has 0 aliphatic carbocycles. The Kier molecular flexibility index (Phi) is 7.62. The highest BCUT2D eigenvalue weighted by atomic mass is 16.6. The summed E-state index contributed by atoms with van der Waals surface area (Å²) >= 11 is 0. The molecule has 0 radical (unpaired) electrons. The van der Waals surface area contributed by atoms with Gasteiger partial charge in [-0.1, -0.05) is 18.2 Å². The maximum absolute atomic E-state index is 13.4. The van der Waals surface area contributed by atoms with Gasteiger partial charge in [0.1, 0.15) is 24.7 Å². The normalized spacial score (nSPS) is 21.3. The van der Waals surface area contributed by atoms with Crippen molar-refractivity contribution >= 4 is 17.4 Å². The molecular weight excluding hydrogens is 476 g/mol. The number of amides is 1. The minimum absolute atomic E-state index is 0.0419. The largest absolute Gasteiger partial charge is 0.507 e. The summed E-state index contributed by atoms with van der Waals surface area (Å²) in [6.45, 7) is 7.39. The van der Waals surface area contributed by atoms with Gasteiger partial charge in [0.25, 0.3) is 11.7 Å². The van der Waals surface area contributed by atoms with Crippen LogP contribution in [0.1, 0.15) is 30.5 Å². The second-order valence-electron chi connectivity index (χ2n) is 9.13. The first-order valence-corrected chi connectivity index (χ1v) is 12.8. The standard InChI is InChI=1S/C28H32N2O7/c1-2-35-21-7-4-3-6-20(21)25-24(26(31)19-8-9-22-23(18-19)37-17-16-36-22)27(32)28(33)30(25)11-5-10-29-12-14-34-15-13-29/h3-4,6-9,18,25,31H,2,5,10-17H2,1H3/t25-/m0/s1. The van der Waals surface area contributed by atoms with Gasteiger partial charge in [-0.25, -0.2) is 0 Å². The van der Waals surface area contributed by atoms with E-state index < -0.39 is 17.7 Å². The zero-order chi connectivity index (χ0) is 25.8. The van der Waals surface area contributed by atoms with Crippen molar-refractivity contribution in [2.75, 3.05) is 59.2 Å². The summed E-state index contributed by atoms with van der Waals surface area (Å²) in [6, 6.07) is 11.6. The van der Waals surface area contributed by atoms with Gasteiger partial charge in [0, 0.05) is 37.3 Å². The van der Waals surface area contributed by atoms with Crippen LogP contribution in [-0.4, -0.2) is 85.8 Å². The van der Waals surface area contributed by atoms with Crippen molar-refractivity contribution in [2.45, 2.75) is 19.4 Å². The molecule has 2 fully saturated rings. The summed E-state index contributed by atoms with van der Waals surface area (Å²) in [5.74, 6) is 0.0452. The van der Waals surface area contributed by atoms with E-state index in [1.165, 1.54) is 0 Å². The average molecular weight is 509 g/mol. The summed E-state index contributed by atoms with van der Waals surface area (Å²) in [6.07, 6.45) is 0.685. The Balaban J connectivity index is 1.52. The lowest BCUT2D eigenvalue weighted by molar-refractivity contribution is -0.140. The Morgan fingerprint density at radius 2 is 1.76 bits per heavy atom. The van der Waals surface area contributed by atoms with Gasteiger partial charge < -0.3 is 29.0 Å². The predicted molar refractivity (Wildman–Crippen MR) is 136 cm³/mol.